The summed E-state index contributed by atoms with van der Waals surface area (Å²) in [6, 6.07) is 0. The van der Waals surface area contributed by atoms with Gasteiger partial charge in [0, 0.05) is 0 Å². The van der Waals surface area contributed by atoms with Crippen LogP contribution in [0.15, 0.2) is 49.0 Å². The molecule has 0 saturated heterocycles. The molecule has 0 N–H and O–H groups in total. The zero-order valence-electron chi connectivity index (χ0n) is 7.71. The Kier molecular flexibility index (Phi) is 5.44. The van der Waals surface area contributed by atoms with Crippen LogP contribution in [0.2, 0.25) is 0 Å². The Morgan fingerprint density at radius 2 is 2.00 bits per heavy atom. The third-order valence-electron chi connectivity index (χ3n) is 1.14. The molecule has 0 atom stereocenters. The molecule has 0 unspecified atom stereocenters. The highest BCUT2D eigenvalue weighted by Crippen LogP contribution is 2.16. The quantitative estimate of drug-likeness (QED) is 0.501. The summed E-state index contributed by atoms with van der Waals surface area (Å²) < 4.78 is 39.6. The van der Waals surface area contributed by atoms with Crippen molar-refractivity contribution in [2.24, 2.45) is 0 Å². The van der Waals surface area contributed by atoms with Crippen molar-refractivity contribution < 1.29 is 17.9 Å². The molecular formula is C10H11F3O. The smallest absolute Gasteiger partial charge is 0.412 e. The Bertz CT molecular complexity index is 259. The van der Waals surface area contributed by atoms with Crippen molar-refractivity contribution in [3.63, 3.8) is 0 Å². The number of allylic oxidation sites excluding steroid dienone is 5. The highest BCUT2D eigenvalue weighted by molar-refractivity contribution is 5.16. The Morgan fingerprint density at radius 3 is 2.43 bits per heavy atom. The number of ether oxygens (including phenoxy) is 1. The monoisotopic (exact) mass is 204 g/mol. The van der Waals surface area contributed by atoms with Gasteiger partial charge in [-0.05, 0) is 19.1 Å². The summed E-state index contributed by atoms with van der Waals surface area (Å²) in [6.45, 7) is 5.08. The maximum Gasteiger partial charge on any atom is 0.412 e. The van der Waals surface area contributed by atoms with Gasteiger partial charge in [0.25, 0.3) is 0 Å². The van der Waals surface area contributed by atoms with Crippen LogP contribution in [0.3, 0.4) is 0 Å². The van der Waals surface area contributed by atoms with Crippen molar-refractivity contribution in [1.29, 1.82) is 0 Å². The Hall–Kier alpha value is -1.45. The summed E-state index contributed by atoms with van der Waals surface area (Å²) in [6.07, 6.45) is 2.40. The van der Waals surface area contributed by atoms with Crippen LogP contribution in [0.25, 0.3) is 0 Å². The summed E-state index contributed by atoms with van der Waals surface area (Å²) in [5.41, 5.74) is 0. The van der Waals surface area contributed by atoms with Crippen LogP contribution in [0.4, 0.5) is 13.2 Å². The molecule has 0 aromatic rings. The minimum absolute atomic E-state index is 0.0260. The van der Waals surface area contributed by atoms with Crippen LogP contribution >= 0.6 is 0 Å². The SMILES string of the molecule is C=C/C=C\C(=C/C)O/C=C/C(F)(F)F. The molecule has 0 aliphatic rings. The summed E-state index contributed by atoms with van der Waals surface area (Å²) in [4.78, 5) is 0. The molecule has 0 radical (unpaired) electrons. The van der Waals surface area contributed by atoms with Gasteiger partial charge in [-0.25, -0.2) is 0 Å². The van der Waals surface area contributed by atoms with Gasteiger partial charge in [-0.2, -0.15) is 13.2 Å². The van der Waals surface area contributed by atoms with E-state index in [0.717, 1.165) is 0 Å². The van der Waals surface area contributed by atoms with Crippen LogP contribution in [0.5, 0.6) is 0 Å². The molecule has 0 rings (SSSR count). The lowest BCUT2D eigenvalue weighted by atomic mass is 10.4. The summed E-state index contributed by atoms with van der Waals surface area (Å²) in [7, 11) is 0. The van der Waals surface area contributed by atoms with Crippen molar-refractivity contribution in [1.82, 2.24) is 0 Å². The lowest BCUT2D eigenvalue weighted by Gasteiger charge is -2.00. The van der Waals surface area contributed by atoms with E-state index in [1.165, 1.54) is 12.2 Å². The average Bonchev–Trinajstić information content (AvgIpc) is 2.09. The number of hydrogen-bond acceptors (Lipinski definition) is 1. The highest BCUT2D eigenvalue weighted by Gasteiger charge is 2.22. The molecule has 0 aliphatic carbocycles. The maximum absolute atomic E-state index is 11.6. The molecule has 0 aromatic heterocycles. The predicted octanol–water partition coefficient (Wildman–Crippen LogP) is 3.73. The minimum atomic E-state index is -4.35. The topological polar surface area (TPSA) is 9.23 Å². The van der Waals surface area contributed by atoms with Gasteiger partial charge in [0.2, 0.25) is 0 Å². The molecule has 14 heavy (non-hydrogen) atoms. The lowest BCUT2D eigenvalue weighted by Crippen LogP contribution is -2.00. The highest BCUT2D eigenvalue weighted by atomic mass is 19.4. The van der Waals surface area contributed by atoms with Gasteiger partial charge in [0.05, 0.1) is 12.3 Å². The van der Waals surface area contributed by atoms with Gasteiger partial charge in [-0.15, -0.1) is 0 Å². The fourth-order valence-corrected chi connectivity index (χ4v) is 0.556. The zero-order valence-corrected chi connectivity index (χ0v) is 7.71. The van der Waals surface area contributed by atoms with Gasteiger partial charge in [0.1, 0.15) is 5.76 Å². The third kappa shape index (κ3) is 7.21. The molecule has 0 aromatic carbocycles. The van der Waals surface area contributed by atoms with E-state index in [1.807, 2.05) is 0 Å². The second-order valence-corrected chi connectivity index (χ2v) is 2.25. The van der Waals surface area contributed by atoms with E-state index in [0.29, 0.717) is 12.0 Å². The average molecular weight is 204 g/mol. The van der Waals surface area contributed by atoms with E-state index in [1.54, 1.807) is 19.1 Å². The Balaban J connectivity index is 4.17. The molecule has 0 amide bonds. The summed E-state index contributed by atoms with van der Waals surface area (Å²) in [5.74, 6) is 0.324. The second-order valence-electron chi connectivity index (χ2n) is 2.25. The van der Waals surface area contributed by atoms with Gasteiger partial charge in [-0.1, -0.05) is 18.7 Å². The molecule has 0 heterocycles. The summed E-state index contributed by atoms with van der Waals surface area (Å²) >= 11 is 0. The first kappa shape index (κ1) is 12.6. The van der Waals surface area contributed by atoms with E-state index in [4.69, 9.17) is 4.74 Å². The molecule has 0 spiro atoms. The largest absolute Gasteiger partial charge is 0.465 e. The van der Waals surface area contributed by atoms with Crippen LogP contribution in [-0.4, -0.2) is 6.18 Å². The number of rotatable bonds is 4. The fraction of sp³-hybridized carbons (Fsp3) is 0.200. The van der Waals surface area contributed by atoms with E-state index in [2.05, 4.69) is 6.58 Å². The molecule has 0 aliphatic heterocycles. The Labute approximate surface area is 80.9 Å². The zero-order chi connectivity index (χ0) is 11.0. The standard InChI is InChI=1S/C10H11F3O/c1-3-5-6-9(4-2)14-8-7-10(11,12)13/h3-8H,1H2,2H3/b6-5-,8-7+,9-4+. The lowest BCUT2D eigenvalue weighted by molar-refractivity contribution is -0.0812. The number of hydrogen-bond donors (Lipinski definition) is 0. The van der Waals surface area contributed by atoms with Crippen LogP contribution in [0.1, 0.15) is 6.92 Å². The van der Waals surface area contributed by atoms with Crippen molar-refractivity contribution in [3.8, 4) is 0 Å². The van der Waals surface area contributed by atoms with Crippen LogP contribution in [0, 0.1) is 0 Å². The third-order valence-corrected chi connectivity index (χ3v) is 1.14. The van der Waals surface area contributed by atoms with Gasteiger partial charge < -0.3 is 4.74 Å². The normalized spacial score (nSPS) is 13.9. The molecule has 4 heteroatoms. The molecule has 0 bridgehead atoms. The van der Waals surface area contributed by atoms with Crippen LogP contribution < -0.4 is 0 Å². The number of alkyl halides is 3. The fourth-order valence-electron chi connectivity index (χ4n) is 0.556. The van der Waals surface area contributed by atoms with Gasteiger partial charge >= 0.3 is 6.18 Å². The van der Waals surface area contributed by atoms with Gasteiger partial charge in [0.15, 0.2) is 0 Å². The first-order chi connectivity index (χ1) is 6.49. The molecular weight excluding hydrogens is 193 g/mol. The van der Waals surface area contributed by atoms with E-state index in [-0.39, 0.29) is 6.08 Å². The van der Waals surface area contributed by atoms with Gasteiger partial charge in [-0.3, -0.25) is 0 Å². The van der Waals surface area contributed by atoms with Crippen molar-refractivity contribution in [3.05, 3.63) is 49.0 Å². The molecule has 1 nitrogen and oxygen atoms in total. The molecule has 0 saturated carbocycles. The Morgan fingerprint density at radius 1 is 1.36 bits per heavy atom. The van der Waals surface area contributed by atoms with E-state index >= 15 is 0 Å². The minimum Gasteiger partial charge on any atom is -0.465 e. The van der Waals surface area contributed by atoms with Crippen LogP contribution in [-0.2, 0) is 4.74 Å². The molecule has 0 fully saturated rings. The predicted molar refractivity (Wildman–Crippen MR) is 49.4 cm³/mol. The summed E-state index contributed by atoms with van der Waals surface area (Å²) in [5, 5.41) is 0. The van der Waals surface area contributed by atoms with Crippen molar-refractivity contribution in [2.45, 2.75) is 13.1 Å². The molecule has 78 valence electrons. The van der Waals surface area contributed by atoms with Crippen molar-refractivity contribution in [2.75, 3.05) is 0 Å². The second kappa shape index (κ2) is 6.07. The van der Waals surface area contributed by atoms with E-state index < -0.39 is 6.18 Å². The first-order valence-corrected chi connectivity index (χ1v) is 3.86. The van der Waals surface area contributed by atoms with E-state index in [9.17, 15) is 13.2 Å². The first-order valence-electron chi connectivity index (χ1n) is 3.86. The number of halogens is 3. The maximum atomic E-state index is 11.6. The van der Waals surface area contributed by atoms with Crippen molar-refractivity contribution >= 4 is 0 Å².